The molecule has 0 radical (unpaired) electrons. The van der Waals surface area contributed by atoms with E-state index >= 15 is 0 Å². The van der Waals surface area contributed by atoms with E-state index in [2.05, 4.69) is 5.32 Å². The zero-order valence-corrected chi connectivity index (χ0v) is 11.6. The fraction of sp³-hybridized carbons (Fsp3) is 0.455. The highest BCUT2D eigenvalue weighted by molar-refractivity contribution is 7.91. The Balaban J connectivity index is 2.01. The van der Waals surface area contributed by atoms with Crippen LogP contribution in [0.1, 0.15) is 12.0 Å². The van der Waals surface area contributed by atoms with Crippen molar-refractivity contribution >= 4 is 27.1 Å². The second kappa shape index (κ2) is 5.44. The molecule has 0 aromatic heterocycles. The molecule has 19 heavy (non-hydrogen) atoms. The van der Waals surface area contributed by atoms with Gasteiger partial charge in [-0.15, -0.1) is 0 Å². The number of nitrogens with zero attached hydrogens (tertiary/aromatic N) is 1. The minimum Gasteiger partial charge on any atom is -0.309 e. The van der Waals surface area contributed by atoms with Gasteiger partial charge >= 0.3 is 0 Å². The Morgan fingerprint density at radius 2 is 2.21 bits per heavy atom. The molecule has 2 rings (SSSR count). The van der Waals surface area contributed by atoms with E-state index in [0.717, 1.165) is 0 Å². The van der Waals surface area contributed by atoms with Crippen molar-refractivity contribution in [1.82, 2.24) is 5.32 Å². The average molecular weight is 305 g/mol. The third kappa shape index (κ3) is 3.65. The van der Waals surface area contributed by atoms with Gasteiger partial charge in [0, 0.05) is 18.7 Å². The number of hydrogen-bond donors (Lipinski definition) is 1. The Morgan fingerprint density at radius 1 is 1.47 bits per heavy atom. The Morgan fingerprint density at radius 3 is 2.79 bits per heavy atom. The Kier molecular flexibility index (Phi) is 4.07. The largest absolute Gasteiger partial charge is 0.309 e. The average Bonchev–Trinajstić information content (AvgIpc) is 2.67. The summed E-state index contributed by atoms with van der Waals surface area (Å²) in [6.45, 7) is 0.387. The van der Waals surface area contributed by atoms with E-state index in [1.165, 1.54) is 12.1 Å². The zero-order valence-electron chi connectivity index (χ0n) is 10.0. The molecule has 0 bridgehead atoms. The molecule has 1 N–H and O–H groups in total. The van der Waals surface area contributed by atoms with E-state index in [1.807, 2.05) is 0 Å². The number of nitro benzene ring substituents is 1. The van der Waals surface area contributed by atoms with Crippen molar-refractivity contribution in [2.45, 2.75) is 19.0 Å². The van der Waals surface area contributed by atoms with E-state index in [-0.39, 0.29) is 28.3 Å². The topological polar surface area (TPSA) is 89.3 Å². The number of hydrogen-bond acceptors (Lipinski definition) is 5. The molecule has 0 amide bonds. The lowest BCUT2D eigenvalue weighted by molar-refractivity contribution is -0.384. The van der Waals surface area contributed by atoms with Crippen LogP contribution in [-0.4, -0.2) is 30.9 Å². The van der Waals surface area contributed by atoms with Crippen molar-refractivity contribution in [3.8, 4) is 0 Å². The molecule has 1 aromatic carbocycles. The molecular weight excluding hydrogens is 292 g/mol. The highest BCUT2D eigenvalue weighted by Gasteiger charge is 2.27. The number of sulfone groups is 1. The van der Waals surface area contributed by atoms with Gasteiger partial charge in [0.15, 0.2) is 9.84 Å². The summed E-state index contributed by atoms with van der Waals surface area (Å²) < 4.78 is 22.6. The van der Waals surface area contributed by atoms with E-state index in [4.69, 9.17) is 11.6 Å². The van der Waals surface area contributed by atoms with Gasteiger partial charge in [0.05, 0.1) is 16.4 Å². The number of nitro groups is 1. The summed E-state index contributed by atoms with van der Waals surface area (Å²) in [4.78, 5) is 10.2. The van der Waals surface area contributed by atoms with Gasteiger partial charge in [-0.05, 0) is 18.1 Å². The lowest BCUT2D eigenvalue weighted by atomic mass is 10.2. The van der Waals surface area contributed by atoms with Gasteiger partial charge < -0.3 is 5.32 Å². The van der Waals surface area contributed by atoms with Crippen LogP contribution >= 0.6 is 11.6 Å². The van der Waals surface area contributed by atoms with E-state index in [9.17, 15) is 18.5 Å². The third-order valence-electron chi connectivity index (χ3n) is 3.03. The Hall–Kier alpha value is -1.18. The SMILES string of the molecule is O=[N+]([O-])c1cc(CNC2CCS(=O)(=O)C2)ccc1Cl. The van der Waals surface area contributed by atoms with Crippen molar-refractivity contribution < 1.29 is 13.3 Å². The van der Waals surface area contributed by atoms with Gasteiger partial charge in [-0.25, -0.2) is 8.42 Å². The fourth-order valence-electron chi connectivity index (χ4n) is 2.03. The lowest BCUT2D eigenvalue weighted by Gasteiger charge is -2.10. The van der Waals surface area contributed by atoms with Crippen molar-refractivity contribution in [3.05, 3.63) is 38.9 Å². The van der Waals surface area contributed by atoms with Gasteiger partial charge in [-0.3, -0.25) is 10.1 Å². The van der Waals surface area contributed by atoms with Crippen molar-refractivity contribution in [3.63, 3.8) is 0 Å². The predicted octanol–water partition coefficient (Wildman–Crippen LogP) is 1.52. The monoisotopic (exact) mass is 304 g/mol. The molecule has 1 fully saturated rings. The van der Waals surface area contributed by atoms with Crippen LogP contribution in [0.2, 0.25) is 5.02 Å². The fourth-order valence-corrected chi connectivity index (χ4v) is 3.92. The van der Waals surface area contributed by atoms with Crippen LogP contribution in [-0.2, 0) is 16.4 Å². The highest BCUT2D eigenvalue weighted by atomic mass is 35.5. The number of halogens is 1. The molecule has 1 atom stereocenters. The summed E-state index contributed by atoms with van der Waals surface area (Å²) in [7, 11) is -2.92. The summed E-state index contributed by atoms with van der Waals surface area (Å²) in [5.41, 5.74) is 0.570. The van der Waals surface area contributed by atoms with E-state index in [0.29, 0.717) is 18.5 Å². The zero-order chi connectivity index (χ0) is 14.0. The molecule has 104 valence electrons. The van der Waals surface area contributed by atoms with Crippen LogP contribution in [0.15, 0.2) is 18.2 Å². The second-order valence-corrected chi connectivity index (χ2v) is 7.16. The van der Waals surface area contributed by atoms with Gasteiger partial charge in [0.25, 0.3) is 5.69 Å². The van der Waals surface area contributed by atoms with Crippen LogP contribution in [0.5, 0.6) is 0 Å². The summed E-state index contributed by atoms with van der Waals surface area (Å²) in [5, 5.41) is 13.9. The van der Waals surface area contributed by atoms with E-state index < -0.39 is 14.8 Å². The molecule has 0 saturated carbocycles. The number of benzene rings is 1. The van der Waals surface area contributed by atoms with Crippen LogP contribution in [0.3, 0.4) is 0 Å². The van der Waals surface area contributed by atoms with Crippen LogP contribution in [0, 0.1) is 10.1 Å². The number of rotatable bonds is 4. The highest BCUT2D eigenvalue weighted by Crippen LogP contribution is 2.25. The molecule has 0 spiro atoms. The minimum atomic E-state index is -2.92. The lowest BCUT2D eigenvalue weighted by Crippen LogP contribution is -2.29. The maximum absolute atomic E-state index is 11.3. The first-order valence-electron chi connectivity index (χ1n) is 5.74. The summed E-state index contributed by atoms with van der Waals surface area (Å²) in [5.74, 6) is 0.327. The first kappa shape index (κ1) is 14.2. The molecule has 1 saturated heterocycles. The first-order valence-corrected chi connectivity index (χ1v) is 7.94. The van der Waals surface area contributed by atoms with E-state index in [1.54, 1.807) is 6.07 Å². The maximum Gasteiger partial charge on any atom is 0.288 e. The maximum atomic E-state index is 11.3. The predicted molar refractivity (Wildman–Crippen MR) is 72.0 cm³/mol. The molecule has 1 aliphatic heterocycles. The van der Waals surface area contributed by atoms with Crippen LogP contribution < -0.4 is 5.32 Å². The van der Waals surface area contributed by atoms with Gasteiger partial charge in [-0.2, -0.15) is 0 Å². The molecule has 0 aliphatic carbocycles. The van der Waals surface area contributed by atoms with Gasteiger partial charge in [0.2, 0.25) is 0 Å². The summed E-state index contributed by atoms with van der Waals surface area (Å²) in [6.07, 6.45) is 0.581. The third-order valence-corrected chi connectivity index (χ3v) is 5.12. The standard InChI is InChI=1S/C11H13ClN2O4S/c12-10-2-1-8(5-11(10)14(15)16)6-13-9-3-4-19(17,18)7-9/h1-2,5,9,13H,3-4,6-7H2. The van der Waals surface area contributed by atoms with Crippen molar-refractivity contribution in [2.75, 3.05) is 11.5 Å². The quantitative estimate of drug-likeness (QED) is 0.673. The molecule has 8 heteroatoms. The minimum absolute atomic E-state index is 0.0836. The van der Waals surface area contributed by atoms with Gasteiger partial charge in [-0.1, -0.05) is 17.7 Å². The molecule has 1 heterocycles. The smallest absolute Gasteiger partial charge is 0.288 e. The summed E-state index contributed by atoms with van der Waals surface area (Å²) >= 11 is 5.71. The first-order chi connectivity index (χ1) is 8.87. The normalized spacial score (nSPS) is 21.4. The summed E-state index contributed by atoms with van der Waals surface area (Å²) in [6, 6.07) is 4.48. The van der Waals surface area contributed by atoms with Crippen LogP contribution in [0.25, 0.3) is 0 Å². The second-order valence-electron chi connectivity index (χ2n) is 4.52. The molecule has 1 aliphatic rings. The van der Waals surface area contributed by atoms with Gasteiger partial charge in [0.1, 0.15) is 5.02 Å². The Labute approximate surface area is 115 Å². The molecule has 1 aromatic rings. The van der Waals surface area contributed by atoms with Crippen molar-refractivity contribution in [1.29, 1.82) is 0 Å². The molecule has 6 nitrogen and oxygen atoms in total. The Bertz CT molecular complexity index is 603. The van der Waals surface area contributed by atoms with Crippen molar-refractivity contribution in [2.24, 2.45) is 0 Å². The number of nitrogens with one attached hydrogen (secondary N) is 1. The molecular formula is C11H13ClN2O4S. The van der Waals surface area contributed by atoms with Crippen LogP contribution in [0.4, 0.5) is 5.69 Å². The molecule has 1 unspecified atom stereocenters.